The van der Waals surface area contributed by atoms with E-state index in [0.717, 1.165) is 12.8 Å². The summed E-state index contributed by atoms with van der Waals surface area (Å²) in [4.78, 5) is 0. The Hall–Kier alpha value is -1.98. The van der Waals surface area contributed by atoms with Gasteiger partial charge in [-0.2, -0.15) is 0 Å². The Balaban J connectivity index is 2.28. The van der Waals surface area contributed by atoms with Crippen LogP contribution in [0.2, 0.25) is 0 Å². The Morgan fingerprint density at radius 3 is 1.64 bits per heavy atom. The van der Waals surface area contributed by atoms with Gasteiger partial charge in [-0.25, -0.2) is 0 Å². The molecule has 0 amide bonds. The van der Waals surface area contributed by atoms with Gasteiger partial charge in [0.25, 0.3) is 0 Å². The van der Waals surface area contributed by atoms with Gasteiger partial charge in [0.15, 0.2) is 5.75 Å². The van der Waals surface area contributed by atoms with E-state index in [0.29, 0.717) is 40.2 Å². The van der Waals surface area contributed by atoms with Gasteiger partial charge < -0.3 is 33.0 Å². The van der Waals surface area contributed by atoms with Crippen LogP contribution in [0.5, 0.6) is 5.75 Å². The van der Waals surface area contributed by atoms with E-state index in [1.807, 2.05) is 20.8 Å². The van der Waals surface area contributed by atoms with Gasteiger partial charge >= 0.3 is 0 Å². The zero-order valence-electron chi connectivity index (χ0n) is 16.0. The molecule has 1 fully saturated rings. The van der Waals surface area contributed by atoms with Crippen LogP contribution in [0.3, 0.4) is 0 Å². The van der Waals surface area contributed by atoms with Crippen LogP contribution in [0.25, 0.3) is 0 Å². The zero-order chi connectivity index (χ0) is 18.6. The molecule has 0 aliphatic heterocycles. The Morgan fingerprint density at radius 2 is 1.20 bits per heavy atom. The maximum atomic E-state index is 6.29. The Morgan fingerprint density at radius 1 is 0.760 bits per heavy atom. The Labute approximate surface area is 151 Å². The largest absolute Gasteiger partial charge is 0.484 e. The third kappa shape index (κ3) is 5.00. The fourth-order valence-corrected chi connectivity index (χ4v) is 3.36. The van der Waals surface area contributed by atoms with Crippen LogP contribution in [-0.2, 0) is 0 Å². The second-order valence-electron chi connectivity index (χ2n) is 8.11. The van der Waals surface area contributed by atoms with E-state index in [4.69, 9.17) is 27.7 Å². The Kier molecular flexibility index (Phi) is 6.14. The Bertz CT molecular complexity index is 555. The molecule has 25 heavy (non-hydrogen) atoms. The lowest BCUT2D eigenvalue weighted by Gasteiger charge is -2.28. The lowest BCUT2D eigenvalue weighted by molar-refractivity contribution is 0.133. The van der Waals surface area contributed by atoms with Crippen molar-refractivity contribution in [2.75, 3.05) is 28.3 Å². The second kappa shape index (κ2) is 7.93. The van der Waals surface area contributed by atoms with Crippen molar-refractivity contribution >= 4 is 28.4 Å². The van der Waals surface area contributed by atoms with E-state index in [9.17, 15) is 0 Å². The molecule has 1 saturated carbocycles. The molecule has 0 spiro atoms. The highest BCUT2D eigenvalue weighted by Gasteiger charge is 2.24. The molecule has 0 aromatic heterocycles. The topological polar surface area (TPSA) is 125 Å². The summed E-state index contributed by atoms with van der Waals surface area (Å²) in [6, 6.07) is 0.343. The highest BCUT2D eigenvalue weighted by molar-refractivity contribution is 5.99. The molecule has 0 unspecified atom stereocenters. The van der Waals surface area contributed by atoms with Gasteiger partial charge in [-0.05, 0) is 33.6 Å². The molecule has 0 radical (unpaired) electrons. The highest BCUT2D eigenvalue weighted by atomic mass is 16.5. The van der Waals surface area contributed by atoms with Crippen molar-refractivity contribution in [3.05, 3.63) is 0 Å². The van der Waals surface area contributed by atoms with Crippen LogP contribution in [0.1, 0.15) is 72.1 Å². The van der Waals surface area contributed by atoms with Gasteiger partial charge in [0.1, 0.15) is 17.0 Å². The SMILES string of the molecule is CC(C)(C)Oc1c(N)c(N)c(NC2CCCCCCCC2)c(N)c1N. The normalized spacial score (nSPS) is 17.4. The summed E-state index contributed by atoms with van der Waals surface area (Å²) >= 11 is 0. The van der Waals surface area contributed by atoms with Gasteiger partial charge in [0.2, 0.25) is 0 Å². The molecule has 9 N–H and O–H groups in total. The van der Waals surface area contributed by atoms with E-state index >= 15 is 0 Å². The molecule has 142 valence electrons. The first-order valence-corrected chi connectivity index (χ1v) is 9.42. The maximum absolute atomic E-state index is 6.29. The van der Waals surface area contributed by atoms with E-state index < -0.39 is 5.60 Å². The smallest absolute Gasteiger partial charge is 0.170 e. The molecule has 1 aromatic rings. The van der Waals surface area contributed by atoms with Crippen LogP contribution in [0.4, 0.5) is 28.4 Å². The molecule has 0 heterocycles. The average Bonchev–Trinajstić information content (AvgIpc) is 2.67. The summed E-state index contributed by atoms with van der Waals surface area (Å²) in [5.41, 5.74) is 26.8. The van der Waals surface area contributed by atoms with Crippen LogP contribution < -0.4 is 33.0 Å². The molecule has 0 bridgehead atoms. The summed E-state index contributed by atoms with van der Waals surface area (Å²) in [7, 11) is 0. The minimum atomic E-state index is -0.437. The van der Waals surface area contributed by atoms with Crippen LogP contribution in [0, 0.1) is 0 Å². The zero-order valence-corrected chi connectivity index (χ0v) is 16.0. The van der Waals surface area contributed by atoms with E-state index in [1.165, 1.54) is 38.5 Å². The number of rotatable bonds is 3. The van der Waals surface area contributed by atoms with Crippen molar-refractivity contribution in [1.82, 2.24) is 0 Å². The van der Waals surface area contributed by atoms with E-state index in [1.54, 1.807) is 0 Å². The lowest BCUT2D eigenvalue weighted by atomic mass is 10.0. The molecule has 1 aliphatic carbocycles. The number of hydrogen-bond donors (Lipinski definition) is 5. The van der Waals surface area contributed by atoms with Crippen molar-refractivity contribution in [1.29, 1.82) is 0 Å². The summed E-state index contributed by atoms with van der Waals surface area (Å²) in [5, 5.41) is 3.52. The van der Waals surface area contributed by atoms with Gasteiger partial charge in [-0.1, -0.05) is 38.5 Å². The minimum Gasteiger partial charge on any atom is -0.484 e. The number of anilines is 5. The number of nitrogen functional groups attached to an aromatic ring is 4. The summed E-state index contributed by atoms with van der Waals surface area (Å²) in [6.45, 7) is 5.80. The molecule has 0 atom stereocenters. The average molecular weight is 350 g/mol. The molecule has 0 saturated heterocycles. The highest BCUT2D eigenvalue weighted by Crippen LogP contribution is 2.47. The first-order valence-electron chi connectivity index (χ1n) is 9.42. The van der Waals surface area contributed by atoms with Crippen molar-refractivity contribution in [3.63, 3.8) is 0 Å². The molecule has 1 aliphatic rings. The molecular weight excluding hydrogens is 314 g/mol. The monoisotopic (exact) mass is 349 g/mol. The first kappa shape index (κ1) is 19.3. The summed E-state index contributed by atoms with van der Waals surface area (Å²) in [6.07, 6.45) is 9.88. The molecule has 2 rings (SSSR count). The number of nitrogens with two attached hydrogens (primary N) is 4. The predicted molar refractivity (Wildman–Crippen MR) is 109 cm³/mol. The number of ether oxygens (including phenoxy) is 1. The van der Waals surface area contributed by atoms with Crippen LogP contribution in [0.15, 0.2) is 0 Å². The molecule has 6 nitrogen and oxygen atoms in total. The van der Waals surface area contributed by atoms with Crippen molar-refractivity contribution in [2.45, 2.75) is 83.8 Å². The fraction of sp³-hybridized carbons (Fsp3) is 0.684. The second-order valence-corrected chi connectivity index (χ2v) is 8.11. The molecular formula is C19H35N5O. The summed E-state index contributed by atoms with van der Waals surface area (Å²) in [5.74, 6) is 0.377. The molecule has 6 heteroatoms. The van der Waals surface area contributed by atoms with Crippen molar-refractivity contribution in [2.24, 2.45) is 0 Å². The predicted octanol–water partition coefficient (Wildman–Crippen LogP) is 4.11. The van der Waals surface area contributed by atoms with Crippen molar-refractivity contribution in [3.8, 4) is 5.75 Å². The number of benzene rings is 1. The fourth-order valence-electron chi connectivity index (χ4n) is 3.36. The van der Waals surface area contributed by atoms with Crippen molar-refractivity contribution < 1.29 is 4.74 Å². The summed E-state index contributed by atoms with van der Waals surface area (Å²) < 4.78 is 5.89. The third-order valence-electron chi connectivity index (χ3n) is 4.72. The van der Waals surface area contributed by atoms with Gasteiger partial charge in [-0.3, -0.25) is 0 Å². The molecule has 1 aromatic carbocycles. The first-order chi connectivity index (χ1) is 11.7. The number of hydrogen-bond acceptors (Lipinski definition) is 6. The number of nitrogens with one attached hydrogen (secondary N) is 1. The van der Waals surface area contributed by atoms with Crippen LogP contribution >= 0.6 is 0 Å². The third-order valence-corrected chi connectivity index (χ3v) is 4.72. The quantitative estimate of drug-likeness (QED) is 0.523. The van der Waals surface area contributed by atoms with Gasteiger partial charge in [-0.15, -0.1) is 0 Å². The van der Waals surface area contributed by atoms with Crippen LogP contribution in [-0.4, -0.2) is 11.6 Å². The van der Waals surface area contributed by atoms with Gasteiger partial charge in [0, 0.05) is 6.04 Å². The maximum Gasteiger partial charge on any atom is 0.170 e. The van der Waals surface area contributed by atoms with E-state index in [-0.39, 0.29) is 0 Å². The minimum absolute atomic E-state index is 0.343. The standard InChI is InChI=1S/C19H35N5O/c1-19(2,3)25-18-15(22)13(20)17(14(21)16(18)23)24-12-10-8-6-4-5-7-9-11-12/h12,24H,4-11,20-23H2,1-3H3. The lowest BCUT2D eigenvalue weighted by Crippen LogP contribution is -2.26. The van der Waals surface area contributed by atoms with E-state index in [2.05, 4.69) is 5.32 Å². The van der Waals surface area contributed by atoms with Gasteiger partial charge in [0.05, 0.1) is 17.1 Å².